The third kappa shape index (κ3) is 6.24. The van der Waals surface area contributed by atoms with Gasteiger partial charge in [-0.1, -0.05) is 18.2 Å². The van der Waals surface area contributed by atoms with Crippen LogP contribution in [0.25, 0.3) is 6.08 Å². The van der Waals surface area contributed by atoms with Crippen LogP contribution >= 0.6 is 11.8 Å². The number of non-ortho nitro benzene ring substituents is 1. The van der Waals surface area contributed by atoms with Crippen LogP contribution in [-0.2, 0) is 29.1 Å². The number of nitrogens with zero attached hydrogens (tertiary/aromatic N) is 2. The molecule has 0 N–H and O–H groups in total. The number of carbonyl (C=O) groups excluding carboxylic acids is 3. The third-order valence-corrected chi connectivity index (χ3v) is 6.68. The van der Waals surface area contributed by atoms with E-state index in [1.807, 2.05) is 0 Å². The number of ether oxygens (including phenoxy) is 3. The van der Waals surface area contributed by atoms with Gasteiger partial charge in [-0.2, -0.15) is 0 Å². The summed E-state index contributed by atoms with van der Waals surface area (Å²) in [7, 11) is 2.69. The number of hydrogen-bond donors (Lipinski definition) is 0. The van der Waals surface area contributed by atoms with E-state index in [1.54, 1.807) is 36.4 Å². The Balaban J connectivity index is 1.56. The highest BCUT2D eigenvalue weighted by Crippen LogP contribution is 2.38. The van der Waals surface area contributed by atoms with Crippen LogP contribution in [0.3, 0.4) is 0 Å². The molecule has 2 heterocycles. The molecule has 40 heavy (non-hydrogen) atoms. The number of nitro groups is 1. The van der Waals surface area contributed by atoms with Crippen molar-refractivity contribution in [2.45, 2.75) is 19.6 Å². The Morgan fingerprint density at radius 1 is 1.18 bits per heavy atom. The van der Waals surface area contributed by atoms with Crippen LogP contribution in [0.5, 0.6) is 11.5 Å². The molecule has 0 spiro atoms. The summed E-state index contributed by atoms with van der Waals surface area (Å²) in [5.41, 5.74) is 1.86. The summed E-state index contributed by atoms with van der Waals surface area (Å²) in [5.74, 6) is -0.151. The van der Waals surface area contributed by atoms with E-state index in [0.29, 0.717) is 34.6 Å². The Kier molecular flexibility index (Phi) is 8.70. The molecule has 0 radical (unpaired) electrons. The van der Waals surface area contributed by atoms with Gasteiger partial charge in [0.05, 0.1) is 30.6 Å². The quantitative estimate of drug-likeness (QED) is 0.0961. The van der Waals surface area contributed by atoms with E-state index in [4.69, 9.17) is 13.9 Å². The number of furan rings is 1. The lowest BCUT2D eigenvalue weighted by Crippen LogP contribution is -2.27. The summed E-state index contributed by atoms with van der Waals surface area (Å²) in [4.78, 5) is 49.1. The molecule has 1 fully saturated rings. The predicted molar refractivity (Wildman–Crippen MR) is 146 cm³/mol. The molecule has 206 valence electrons. The number of methoxy groups -OCH3 is 2. The standard InChI is InChI=1S/C28H24N2O9S/c1-4-6-19-11-18(13-23(36-2)25(19)38-16-17-7-5-8-20(12-17)30(34)35)14-24-26(31)29(28(33)40-24)15-21-9-10-22(39-21)27(32)37-3/h4-5,7-14H,1,6,15-16H2,2-3H3/b24-14+. The summed E-state index contributed by atoms with van der Waals surface area (Å²) >= 11 is 0.780. The van der Waals surface area contributed by atoms with Gasteiger partial charge in [-0.05, 0) is 59.7 Å². The third-order valence-electron chi connectivity index (χ3n) is 5.78. The van der Waals surface area contributed by atoms with Gasteiger partial charge in [0.15, 0.2) is 11.5 Å². The number of rotatable bonds is 11. The zero-order valence-corrected chi connectivity index (χ0v) is 22.4. The van der Waals surface area contributed by atoms with Crippen LogP contribution < -0.4 is 9.47 Å². The molecule has 12 heteroatoms. The van der Waals surface area contributed by atoms with Crippen molar-refractivity contribution >= 4 is 40.6 Å². The van der Waals surface area contributed by atoms with Crippen molar-refractivity contribution in [3.63, 3.8) is 0 Å². The first kappa shape index (κ1) is 28.2. The highest BCUT2D eigenvalue weighted by atomic mass is 32.2. The van der Waals surface area contributed by atoms with Crippen molar-refractivity contribution < 1.29 is 37.9 Å². The van der Waals surface area contributed by atoms with Crippen molar-refractivity contribution in [1.82, 2.24) is 4.90 Å². The first-order chi connectivity index (χ1) is 19.2. The fourth-order valence-corrected chi connectivity index (χ4v) is 4.76. The smallest absolute Gasteiger partial charge is 0.373 e. The van der Waals surface area contributed by atoms with Crippen molar-refractivity contribution in [3.8, 4) is 11.5 Å². The molecular formula is C28H24N2O9S. The Bertz CT molecular complexity index is 1530. The molecule has 1 aromatic heterocycles. The maximum atomic E-state index is 13.1. The molecule has 0 bridgehead atoms. The number of nitro benzene ring substituents is 1. The molecule has 0 saturated carbocycles. The monoisotopic (exact) mass is 564 g/mol. The Morgan fingerprint density at radius 2 is 1.98 bits per heavy atom. The van der Waals surface area contributed by atoms with Gasteiger partial charge in [0.25, 0.3) is 16.8 Å². The van der Waals surface area contributed by atoms with Gasteiger partial charge < -0.3 is 18.6 Å². The molecule has 11 nitrogen and oxygen atoms in total. The maximum Gasteiger partial charge on any atom is 0.373 e. The van der Waals surface area contributed by atoms with E-state index >= 15 is 0 Å². The van der Waals surface area contributed by atoms with Crippen molar-refractivity contribution in [2.24, 2.45) is 0 Å². The summed E-state index contributed by atoms with van der Waals surface area (Å²) in [6.45, 7) is 3.71. The number of allylic oxidation sites excluding steroid dienone is 1. The van der Waals surface area contributed by atoms with Crippen LogP contribution in [0.1, 0.15) is 33.0 Å². The first-order valence-corrected chi connectivity index (χ1v) is 12.7. The van der Waals surface area contributed by atoms with Gasteiger partial charge in [0.2, 0.25) is 5.76 Å². The number of hydrogen-bond acceptors (Lipinski definition) is 10. The molecule has 0 atom stereocenters. The first-order valence-electron chi connectivity index (χ1n) is 11.8. The zero-order valence-electron chi connectivity index (χ0n) is 21.6. The second-order valence-electron chi connectivity index (χ2n) is 8.45. The molecule has 1 saturated heterocycles. The molecular weight excluding hydrogens is 540 g/mol. The second-order valence-corrected chi connectivity index (χ2v) is 9.44. The molecule has 4 rings (SSSR count). The summed E-state index contributed by atoms with van der Waals surface area (Å²) in [5, 5.41) is 10.6. The van der Waals surface area contributed by atoms with E-state index in [0.717, 1.165) is 16.7 Å². The van der Waals surface area contributed by atoms with E-state index in [2.05, 4.69) is 11.3 Å². The zero-order chi connectivity index (χ0) is 28.8. The van der Waals surface area contributed by atoms with Crippen LogP contribution in [0.2, 0.25) is 0 Å². The Labute approximate surface area is 233 Å². The van der Waals surface area contributed by atoms with E-state index in [9.17, 15) is 24.5 Å². The average Bonchev–Trinajstić information content (AvgIpc) is 3.52. The van der Waals surface area contributed by atoms with Crippen LogP contribution in [0.15, 0.2) is 70.5 Å². The molecule has 3 aromatic rings. The molecule has 1 aliphatic rings. The van der Waals surface area contributed by atoms with Crippen LogP contribution in [0, 0.1) is 10.1 Å². The summed E-state index contributed by atoms with van der Waals surface area (Å²) in [6.07, 6.45) is 3.66. The minimum atomic E-state index is -0.665. The molecule has 2 amide bonds. The lowest BCUT2D eigenvalue weighted by molar-refractivity contribution is -0.384. The summed E-state index contributed by atoms with van der Waals surface area (Å²) < 4.78 is 21.6. The average molecular weight is 565 g/mol. The topological polar surface area (TPSA) is 138 Å². The minimum absolute atomic E-state index is 0.0327. The minimum Gasteiger partial charge on any atom is -0.493 e. The number of carbonyl (C=O) groups is 3. The van der Waals surface area contributed by atoms with Gasteiger partial charge in [-0.3, -0.25) is 24.6 Å². The summed E-state index contributed by atoms with van der Waals surface area (Å²) in [6, 6.07) is 12.5. The molecule has 1 aliphatic heterocycles. The van der Waals surface area contributed by atoms with Gasteiger partial charge in [-0.25, -0.2) is 4.79 Å². The van der Waals surface area contributed by atoms with Crippen molar-refractivity contribution in [1.29, 1.82) is 0 Å². The highest BCUT2D eigenvalue weighted by molar-refractivity contribution is 8.18. The normalized spacial score (nSPS) is 13.9. The lowest BCUT2D eigenvalue weighted by atomic mass is 10.0. The lowest BCUT2D eigenvalue weighted by Gasteiger charge is -2.16. The van der Waals surface area contributed by atoms with Gasteiger partial charge in [0.1, 0.15) is 12.4 Å². The van der Waals surface area contributed by atoms with Gasteiger partial charge >= 0.3 is 5.97 Å². The van der Waals surface area contributed by atoms with Crippen LogP contribution in [0.4, 0.5) is 10.5 Å². The van der Waals surface area contributed by atoms with E-state index in [1.165, 1.54) is 38.5 Å². The SMILES string of the molecule is C=CCc1cc(/C=C2/SC(=O)N(Cc3ccc(C(=O)OC)o3)C2=O)cc(OC)c1OCc1cccc([N+](=O)[O-])c1. The number of imide groups is 1. The maximum absolute atomic E-state index is 13.1. The highest BCUT2D eigenvalue weighted by Gasteiger charge is 2.36. The van der Waals surface area contributed by atoms with Crippen molar-refractivity contribution in [2.75, 3.05) is 14.2 Å². The molecule has 2 aromatic carbocycles. The number of amides is 2. The van der Waals surface area contributed by atoms with Gasteiger partial charge in [-0.15, -0.1) is 6.58 Å². The number of esters is 1. The Morgan fingerprint density at radius 3 is 2.67 bits per heavy atom. The predicted octanol–water partition coefficient (Wildman–Crippen LogP) is 5.53. The van der Waals surface area contributed by atoms with Crippen molar-refractivity contribution in [3.05, 3.63) is 104 Å². The molecule has 0 unspecified atom stereocenters. The van der Waals surface area contributed by atoms with E-state index < -0.39 is 22.0 Å². The fraction of sp³-hybridized carbons (Fsp3) is 0.179. The largest absolute Gasteiger partial charge is 0.493 e. The fourth-order valence-electron chi connectivity index (χ4n) is 3.92. The number of thioether (sulfide) groups is 1. The van der Waals surface area contributed by atoms with Gasteiger partial charge in [0, 0.05) is 17.7 Å². The molecule has 0 aliphatic carbocycles. The Hall–Kier alpha value is -4.84. The van der Waals surface area contributed by atoms with Crippen LogP contribution in [-0.4, -0.2) is 41.2 Å². The second kappa shape index (κ2) is 12.3. The number of benzene rings is 2. The van der Waals surface area contributed by atoms with E-state index in [-0.39, 0.29) is 35.3 Å².